The molecule has 96 valence electrons. The second kappa shape index (κ2) is 8.53. The Labute approximate surface area is 99.6 Å². The monoisotopic (exact) mass is 229 g/mol. The van der Waals surface area contributed by atoms with Crippen molar-refractivity contribution in [3.05, 3.63) is 0 Å². The molecule has 2 unspecified atom stereocenters. The molecule has 0 bridgehead atoms. The van der Waals surface area contributed by atoms with Gasteiger partial charge in [0.15, 0.2) is 0 Å². The zero-order chi connectivity index (χ0) is 12.6. The Morgan fingerprint density at radius 3 is 2.44 bits per heavy atom. The number of nitrogens with one attached hydrogen (secondary N) is 1. The SMILES string of the molecule is CC(N)CCCC(=O)NC(C)CCN(C)C. The molecule has 0 aromatic rings. The van der Waals surface area contributed by atoms with E-state index in [1.807, 2.05) is 27.9 Å². The van der Waals surface area contributed by atoms with E-state index in [4.69, 9.17) is 5.73 Å². The van der Waals surface area contributed by atoms with Gasteiger partial charge in [-0.05, 0) is 53.8 Å². The summed E-state index contributed by atoms with van der Waals surface area (Å²) in [6.07, 6.45) is 3.38. The molecule has 0 aliphatic heterocycles. The van der Waals surface area contributed by atoms with Gasteiger partial charge in [0.25, 0.3) is 0 Å². The van der Waals surface area contributed by atoms with Gasteiger partial charge in [-0.15, -0.1) is 0 Å². The van der Waals surface area contributed by atoms with Crippen LogP contribution in [0.2, 0.25) is 0 Å². The average Bonchev–Trinajstić information content (AvgIpc) is 2.14. The molecule has 0 radical (unpaired) electrons. The highest BCUT2D eigenvalue weighted by Gasteiger charge is 2.07. The van der Waals surface area contributed by atoms with Crippen molar-refractivity contribution in [1.29, 1.82) is 0 Å². The summed E-state index contributed by atoms with van der Waals surface area (Å²) in [6, 6.07) is 0.448. The largest absolute Gasteiger partial charge is 0.354 e. The summed E-state index contributed by atoms with van der Waals surface area (Å²) in [5, 5.41) is 3.00. The van der Waals surface area contributed by atoms with Crippen LogP contribution in [-0.2, 0) is 4.79 Å². The number of carbonyl (C=O) groups is 1. The Morgan fingerprint density at radius 2 is 1.94 bits per heavy atom. The van der Waals surface area contributed by atoms with Crippen molar-refractivity contribution in [2.75, 3.05) is 20.6 Å². The van der Waals surface area contributed by atoms with Crippen molar-refractivity contribution in [2.45, 2.75) is 51.6 Å². The molecule has 2 atom stereocenters. The molecule has 0 saturated heterocycles. The molecule has 0 saturated carbocycles. The maximum absolute atomic E-state index is 11.5. The Kier molecular flexibility index (Phi) is 8.21. The second-order valence-electron chi connectivity index (χ2n) is 4.93. The van der Waals surface area contributed by atoms with Gasteiger partial charge in [-0.2, -0.15) is 0 Å². The second-order valence-corrected chi connectivity index (χ2v) is 4.93. The molecule has 0 spiro atoms. The molecule has 4 nitrogen and oxygen atoms in total. The molecule has 16 heavy (non-hydrogen) atoms. The van der Waals surface area contributed by atoms with Gasteiger partial charge in [-0.1, -0.05) is 0 Å². The lowest BCUT2D eigenvalue weighted by molar-refractivity contribution is -0.121. The zero-order valence-electron chi connectivity index (χ0n) is 11.1. The lowest BCUT2D eigenvalue weighted by Crippen LogP contribution is -2.34. The first kappa shape index (κ1) is 15.4. The van der Waals surface area contributed by atoms with E-state index in [1.54, 1.807) is 0 Å². The highest BCUT2D eigenvalue weighted by molar-refractivity contribution is 5.76. The Hall–Kier alpha value is -0.610. The first-order valence-electron chi connectivity index (χ1n) is 6.11. The van der Waals surface area contributed by atoms with E-state index in [1.165, 1.54) is 0 Å². The van der Waals surface area contributed by atoms with Crippen LogP contribution in [0, 0.1) is 0 Å². The van der Waals surface area contributed by atoms with Gasteiger partial charge in [0, 0.05) is 18.5 Å². The van der Waals surface area contributed by atoms with Gasteiger partial charge in [0.1, 0.15) is 0 Å². The summed E-state index contributed by atoms with van der Waals surface area (Å²) in [6.45, 7) is 5.02. The minimum absolute atomic E-state index is 0.145. The number of hydrogen-bond acceptors (Lipinski definition) is 3. The summed E-state index contributed by atoms with van der Waals surface area (Å²) in [7, 11) is 4.08. The van der Waals surface area contributed by atoms with Crippen molar-refractivity contribution >= 4 is 5.91 Å². The quantitative estimate of drug-likeness (QED) is 0.652. The molecule has 4 heteroatoms. The zero-order valence-corrected chi connectivity index (χ0v) is 11.1. The van der Waals surface area contributed by atoms with Crippen LogP contribution in [-0.4, -0.2) is 43.5 Å². The van der Waals surface area contributed by atoms with Crippen molar-refractivity contribution in [3.8, 4) is 0 Å². The number of rotatable bonds is 8. The molecular weight excluding hydrogens is 202 g/mol. The van der Waals surface area contributed by atoms with Crippen molar-refractivity contribution in [2.24, 2.45) is 5.73 Å². The third kappa shape index (κ3) is 9.93. The molecule has 3 N–H and O–H groups in total. The third-order valence-corrected chi connectivity index (χ3v) is 2.48. The van der Waals surface area contributed by atoms with Gasteiger partial charge in [0.05, 0.1) is 0 Å². The van der Waals surface area contributed by atoms with E-state index in [9.17, 15) is 4.79 Å². The minimum Gasteiger partial charge on any atom is -0.354 e. The summed E-state index contributed by atoms with van der Waals surface area (Å²) in [4.78, 5) is 13.6. The van der Waals surface area contributed by atoms with Crippen LogP contribution >= 0.6 is 0 Å². The number of nitrogens with two attached hydrogens (primary N) is 1. The van der Waals surface area contributed by atoms with E-state index < -0.39 is 0 Å². The summed E-state index contributed by atoms with van der Waals surface area (Å²) in [5.41, 5.74) is 5.62. The smallest absolute Gasteiger partial charge is 0.220 e. The number of nitrogens with zero attached hydrogens (tertiary/aromatic N) is 1. The fourth-order valence-electron chi connectivity index (χ4n) is 1.46. The fraction of sp³-hybridized carbons (Fsp3) is 0.917. The minimum atomic E-state index is 0.145. The highest BCUT2D eigenvalue weighted by Crippen LogP contribution is 2.00. The van der Waals surface area contributed by atoms with E-state index in [0.717, 1.165) is 25.8 Å². The topological polar surface area (TPSA) is 58.4 Å². The van der Waals surface area contributed by atoms with Crippen LogP contribution in [0.15, 0.2) is 0 Å². The lowest BCUT2D eigenvalue weighted by Gasteiger charge is -2.16. The van der Waals surface area contributed by atoms with Crippen LogP contribution in [0.5, 0.6) is 0 Å². The lowest BCUT2D eigenvalue weighted by atomic mass is 10.1. The Balaban J connectivity index is 3.54. The van der Waals surface area contributed by atoms with Crippen molar-refractivity contribution in [1.82, 2.24) is 10.2 Å². The third-order valence-electron chi connectivity index (χ3n) is 2.48. The molecule has 1 amide bonds. The van der Waals surface area contributed by atoms with Crippen LogP contribution in [0.4, 0.5) is 0 Å². The Morgan fingerprint density at radius 1 is 1.31 bits per heavy atom. The normalized spacial score (nSPS) is 14.9. The van der Waals surface area contributed by atoms with E-state index >= 15 is 0 Å². The first-order valence-corrected chi connectivity index (χ1v) is 6.11. The summed E-state index contributed by atoms with van der Waals surface area (Å²) in [5.74, 6) is 0.145. The predicted octanol–water partition coefficient (Wildman–Crippen LogP) is 0.960. The van der Waals surface area contributed by atoms with Crippen LogP contribution in [0.25, 0.3) is 0 Å². The molecule has 0 aromatic heterocycles. The van der Waals surface area contributed by atoms with E-state index in [0.29, 0.717) is 6.42 Å². The van der Waals surface area contributed by atoms with Gasteiger partial charge in [-0.3, -0.25) is 4.79 Å². The number of carbonyl (C=O) groups excluding carboxylic acids is 1. The van der Waals surface area contributed by atoms with Crippen LogP contribution in [0.1, 0.15) is 39.5 Å². The molecule has 0 rings (SSSR count). The Bertz CT molecular complexity index is 193. The van der Waals surface area contributed by atoms with Crippen LogP contribution in [0.3, 0.4) is 0 Å². The molecule has 0 fully saturated rings. The molecule has 0 aliphatic rings. The molecule has 0 heterocycles. The number of amides is 1. The van der Waals surface area contributed by atoms with Crippen LogP contribution < -0.4 is 11.1 Å². The average molecular weight is 229 g/mol. The molecule has 0 aromatic carbocycles. The predicted molar refractivity (Wildman–Crippen MR) is 68.3 cm³/mol. The van der Waals surface area contributed by atoms with E-state index in [2.05, 4.69) is 10.2 Å². The van der Waals surface area contributed by atoms with Gasteiger partial charge < -0.3 is 16.0 Å². The van der Waals surface area contributed by atoms with Gasteiger partial charge in [-0.25, -0.2) is 0 Å². The number of hydrogen-bond donors (Lipinski definition) is 2. The standard InChI is InChI=1S/C12H27N3O/c1-10(13)6-5-7-12(16)14-11(2)8-9-15(3)4/h10-11H,5-9,13H2,1-4H3,(H,14,16). The summed E-state index contributed by atoms with van der Waals surface area (Å²) < 4.78 is 0. The maximum atomic E-state index is 11.5. The maximum Gasteiger partial charge on any atom is 0.220 e. The highest BCUT2D eigenvalue weighted by atomic mass is 16.1. The molecule has 0 aliphatic carbocycles. The molecular formula is C12H27N3O. The summed E-state index contributed by atoms with van der Waals surface area (Å²) >= 11 is 0. The van der Waals surface area contributed by atoms with Gasteiger partial charge >= 0.3 is 0 Å². The van der Waals surface area contributed by atoms with Crippen molar-refractivity contribution in [3.63, 3.8) is 0 Å². The van der Waals surface area contributed by atoms with Gasteiger partial charge in [0.2, 0.25) is 5.91 Å². The van der Waals surface area contributed by atoms with Crippen molar-refractivity contribution < 1.29 is 4.79 Å². The first-order chi connectivity index (χ1) is 7.41. The van der Waals surface area contributed by atoms with E-state index in [-0.39, 0.29) is 18.0 Å². The fourth-order valence-corrected chi connectivity index (χ4v) is 1.46.